The molecule has 0 radical (unpaired) electrons. The minimum atomic E-state index is -0.132. The lowest BCUT2D eigenvalue weighted by molar-refractivity contribution is 0.309. The largest absolute Gasteiger partial charge is 0.375 e. The van der Waals surface area contributed by atoms with Gasteiger partial charge < -0.3 is 5.11 Å². The molecule has 1 aromatic carbocycles. The van der Waals surface area contributed by atoms with Crippen LogP contribution in [0.4, 0.5) is 0 Å². The summed E-state index contributed by atoms with van der Waals surface area (Å²) in [7, 11) is 0. The van der Waals surface area contributed by atoms with Gasteiger partial charge in [-0.2, -0.15) is 0 Å². The molecule has 2 heteroatoms. The van der Waals surface area contributed by atoms with E-state index in [2.05, 4.69) is 30.1 Å². The van der Waals surface area contributed by atoms with E-state index in [1.807, 2.05) is 13.0 Å². The van der Waals surface area contributed by atoms with Crippen LogP contribution in [-0.4, -0.2) is 17.5 Å². The van der Waals surface area contributed by atoms with Gasteiger partial charge in [0.05, 0.1) is 0 Å². The predicted molar refractivity (Wildman–Crippen MR) is 62.3 cm³/mol. The van der Waals surface area contributed by atoms with E-state index in [4.69, 9.17) is 5.11 Å². The quantitative estimate of drug-likeness (QED) is 0.752. The Kier molecular flexibility index (Phi) is 2.61. The normalized spacial score (nSPS) is 19.0. The lowest BCUT2D eigenvalue weighted by atomic mass is 9.95. The van der Waals surface area contributed by atoms with E-state index in [1.54, 1.807) is 0 Å². The fraction of sp³-hybridized carbons (Fsp3) is 0.462. The van der Waals surface area contributed by atoms with Crippen LogP contribution in [-0.2, 0) is 5.41 Å². The zero-order valence-corrected chi connectivity index (χ0v) is 9.33. The number of rotatable bonds is 3. The standard InChI is InChI=1S/C13H17NO/c1-10(14-9-15)11-4-3-5-12(8-11)13(2)6-7-13/h3-5,8,15H,6-7,9H2,1-2H3. The number of aliphatic hydroxyl groups is 1. The Balaban J connectivity index is 2.30. The molecule has 0 aromatic heterocycles. The molecule has 0 amide bonds. The number of hydrogen-bond donors (Lipinski definition) is 1. The van der Waals surface area contributed by atoms with Crippen molar-refractivity contribution >= 4 is 5.71 Å². The number of benzene rings is 1. The van der Waals surface area contributed by atoms with Gasteiger partial charge in [0.2, 0.25) is 0 Å². The van der Waals surface area contributed by atoms with Gasteiger partial charge in [0.25, 0.3) is 0 Å². The first-order valence-corrected chi connectivity index (χ1v) is 5.38. The first-order chi connectivity index (χ1) is 7.15. The molecule has 0 spiro atoms. The van der Waals surface area contributed by atoms with E-state index >= 15 is 0 Å². The molecule has 1 aliphatic rings. The Morgan fingerprint density at radius 1 is 1.47 bits per heavy atom. The van der Waals surface area contributed by atoms with Crippen LogP contribution in [0.15, 0.2) is 29.3 Å². The molecule has 80 valence electrons. The van der Waals surface area contributed by atoms with Crippen molar-refractivity contribution in [2.75, 3.05) is 6.73 Å². The van der Waals surface area contributed by atoms with Crippen LogP contribution >= 0.6 is 0 Å². The minimum absolute atomic E-state index is 0.132. The van der Waals surface area contributed by atoms with E-state index < -0.39 is 0 Å². The molecule has 1 aliphatic carbocycles. The average molecular weight is 203 g/mol. The topological polar surface area (TPSA) is 32.6 Å². The highest BCUT2D eigenvalue weighted by molar-refractivity contribution is 5.98. The molecule has 0 heterocycles. The second kappa shape index (κ2) is 3.78. The summed E-state index contributed by atoms with van der Waals surface area (Å²) in [6.45, 7) is 4.10. The summed E-state index contributed by atoms with van der Waals surface area (Å²) in [6.07, 6.45) is 2.57. The number of aliphatic imine (C=N–C) groups is 1. The van der Waals surface area contributed by atoms with Gasteiger partial charge in [0, 0.05) is 5.71 Å². The van der Waals surface area contributed by atoms with Crippen molar-refractivity contribution in [2.24, 2.45) is 4.99 Å². The minimum Gasteiger partial charge on any atom is -0.375 e. The fourth-order valence-electron chi connectivity index (χ4n) is 1.79. The van der Waals surface area contributed by atoms with Gasteiger partial charge in [0.15, 0.2) is 0 Å². The molecule has 1 N–H and O–H groups in total. The number of aliphatic hydroxyl groups excluding tert-OH is 1. The molecule has 0 aliphatic heterocycles. The predicted octanol–water partition coefficient (Wildman–Crippen LogP) is 2.50. The molecule has 0 saturated heterocycles. The SMILES string of the molecule is CC(=NCO)c1cccc(C2(C)CC2)c1. The molecule has 2 nitrogen and oxygen atoms in total. The number of nitrogens with zero attached hydrogens (tertiary/aromatic N) is 1. The monoisotopic (exact) mass is 203 g/mol. The number of hydrogen-bond acceptors (Lipinski definition) is 2. The average Bonchev–Trinajstić information content (AvgIpc) is 2.99. The van der Waals surface area contributed by atoms with Gasteiger partial charge >= 0.3 is 0 Å². The third-order valence-electron chi connectivity index (χ3n) is 3.29. The fourth-order valence-corrected chi connectivity index (χ4v) is 1.79. The Morgan fingerprint density at radius 3 is 2.80 bits per heavy atom. The highest BCUT2D eigenvalue weighted by Crippen LogP contribution is 2.47. The zero-order chi connectivity index (χ0) is 10.9. The van der Waals surface area contributed by atoms with Crippen LogP contribution in [0.25, 0.3) is 0 Å². The summed E-state index contributed by atoms with van der Waals surface area (Å²) >= 11 is 0. The Labute approximate surface area is 90.7 Å². The lowest BCUT2D eigenvalue weighted by Gasteiger charge is -2.10. The van der Waals surface area contributed by atoms with Crippen LogP contribution in [0.3, 0.4) is 0 Å². The molecule has 1 saturated carbocycles. The first kappa shape index (κ1) is 10.4. The van der Waals surface area contributed by atoms with Gasteiger partial charge in [-0.3, -0.25) is 4.99 Å². The van der Waals surface area contributed by atoms with Gasteiger partial charge in [-0.25, -0.2) is 0 Å². The van der Waals surface area contributed by atoms with Crippen LogP contribution in [0, 0.1) is 0 Å². The molecule has 1 aromatic rings. The maximum atomic E-state index is 8.75. The van der Waals surface area contributed by atoms with Crippen LogP contribution < -0.4 is 0 Å². The summed E-state index contributed by atoms with van der Waals surface area (Å²) < 4.78 is 0. The van der Waals surface area contributed by atoms with E-state index in [1.165, 1.54) is 18.4 Å². The van der Waals surface area contributed by atoms with Crippen molar-refractivity contribution in [1.82, 2.24) is 0 Å². The van der Waals surface area contributed by atoms with Crippen LogP contribution in [0.2, 0.25) is 0 Å². The maximum Gasteiger partial charge on any atom is 0.134 e. The van der Waals surface area contributed by atoms with Crippen molar-refractivity contribution in [2.45, 2.75) is 32.1 Å². The highest BCUT2D eigenvalue weighted by atomic mass is 16.3. The van der Waals surface area contributed by atoms with Crippen molar-refractivity contribution < 1.29 is 5.11 Å². The summed E-state index contributed by atoms with van der Waals surface area (Å²) in [5.74, 6) is 0. The summed E-state index contributed by atoms with van der Waals surface area (Å²) in [6, 6.07) is 8.50. The molecule has 0 unspecified atom stereocenters. The van der Waals surface area contributed by atoms with Gasteiger partial charge in [-0.15, -0.1) is 0 Å². The Hall–Kier alpha value is -1.15. The summed E-state index contributed by atoms with van der Waals surface area (Å²) in [5, 5.41) is 8.75. The lowest BCUT2D eigenvalue weighted by Crippen LogP contribution is -2.03. The van der Waals surface area contributed by atoms with E-state index in [0.29, 0.717) is 5.41 Å². The van der Waals surface area contributed by atoms with Gasteiger partial charge in [-0.05, 0) is 42.4 Å². The second-order valence-electron chi connectivity index (χ2n) is 4.53. The zero-order valence-electron chi connectivity index (χ0n) is 9.33. The second-order valence-corrected chi connectivity index (χ2v) is 4.53. The molecule has 0 bridgehead atoms. The third kappa shape index (κ3) is 2.10. The van der Waals surface area contributed by atoms with Crippen molar-refractivity contribution in [3.8, 4) is 0 Å². The molecule has 0 atom stereocenters. The summed E-state index contributed by atoms with van der Waals surface area (Å²) in [5.41, 5.74) is 3.82. The smallest absolute Gasteiger partial charge is 0.134 e. The van der Waals surface area contributed by atoms with Crippen molar-refractivity contribution in [3.05, 3.63) is 35.4 Å². The van der Waals surface area contributed by atoms with Gasteiger partial charge in [0.1, 0.15) is 6.73 Å². The Morgan fingerprint density at radius 2 is 2.20 bits per heavy atom. The third-order valence-corrected chi connectivity index (χ3v) is 3.29. The van der Waals surface area contributed by atoms with Crippen molar-refractivity contribution in [1.29, 1.82) is 0 Å². The van der Waals surface area contributed by atoms with E-state index in [0.717, 1.165) is 11.3 Å². The van der Waals surface area contributed by atoms with Crippen LogP contribution in [0.1, 0.15) is 37.8 Å². The molecule has 15 heavy (non-hydrogen) atoms. The molecular formula is C13H17NO. The van der Waals surface area contributed by atoms with Gasteiger partial charge in [-0.1, -0.05) is 25.1 Å². The Bertz CT molecular complexity index is 391. The highest BCUT2D eigenvalue weighted by Gasteiger charge is 2.38. The van der Waals surface area contributed by atoms with Crippen molar-refractivity contribution in [3.63, 3.8) is 0 Å². The first-order valence-electron chi connectivity index (χ1n) is 5.38. The maximum absolute atomic E-state index is 8.75. The molecule has 1 fully saturated rings. The molecular weight excluding hydrogens is 186 g/mol. The summed E-state index contributed by atoms with van der Waals surface area (Å²) in [4.78, 5) is 4.01. The molecule has 2 rings (SSSR count). The van der Waals surface area contributed by atoms with E-state index in [9.17, 15) is 0 Å². The van der Waals surface area contributed by atoms with Crippen LogP contribution in [0.5, 0.6) is 0 Å². The van der Waals surface area contributed by atoms with E-state index in [-0.39, 0.29) is 6.73 Å².